The fraction of sp³-hybridized carbons (Fsp3) is 0.235. The lowest BCUT2D eigenvalue weighted by molar-refractivity contribution is -0.116. The molecule has 1 N–H and O–H groups in total. The number of amides is 1. The summed E-state index contributed by atoms with van der Waals surface area (Å²) in [4.78, 5) is 16.5. The monoisotopic (exact) mass is 393 g/mol. The van der Waals surface area contributed by atoms with Crippen molar-refractivity contribution in [2.24, 2.45) is 0 Å². The topological polar surface area (TPSA) is 86.5 Å². The van der Waals surface area contributed by atoms with Gasteiger partial charge in [-0.1, -0.05) is 16.8 Å². The number of rotatable bonds is 7. The van der Waals surface area contributed by atoms with Gasteiger partial charge >= 0.3 is 0 Å². The minimum atomic E-state index is -0.219. The molecular weight excluding hydrogens is 378 g/mol. The van der Waals surface area contributed by atoms with Crippen LogP contribution in [0.4, 0.5) is 5.69 Å². The van der Waals surface area contributed by atoms with E-state index in [0.717, 1.165) is 5.56 Å². The van der Waals surface area contributed by atoms with Gasteiger partial charge in [0, 0.05) is 35.9 Å². The van der Waals surface area contributed by atoms with Crippen molar-refractivity contribution in [3.05, 3.63) is 39.9 Å². The molecule has 0 aliphatic heterocycles. The number of aromatic nitrogens is 2. The van der Waals surface area contributed by atoms with Crippen LogP contribution in [0, 0.1) is 0 Å². The number of anilines is 1. The molecule has 0 spiro atoms. The zero-order valence-electron chi connectivity index (χ0n) is 14.1. The average molecular weight is 394 g/mol. The van der Waals surface area contributed by atoms with Gasteiger partial charge in [-0.25, -0.2) is 0 Å². The van der Waals surface area contributed by atoms with Crippen LogP contribution in [0.5, 0.6) is 11.5 Å². The van der Waals surface area contributed by atoms with E-state index < -0.39 is 0 Å². The van der Waals surface area contributed by atoms with E-state index in [0.29, 0.717) is 40.3 Å². The number of hydrogen-bond donors (Lipinski definition) is 1. The third kappa shape index (κ3) is 4.14. The summed E-state index contributed by atoms with van der Waals surface area (Å²) in [6, 6.07) is 5.10. The van der Waals surface area contributed by atoms with Crippen LogP contribution in [-0.2, 0) is 11.2 Å². The number of aryl methyl sites for hydroxylation is 1. The Balaban J connectivity index is 1.63. The molecule has 0 fully saturated rings. The van der Waals surface area contributed by atoms with Crippen molar-refractivity contribution in [2.45, 2.75) is 12.8 Å². The zero-order chi connectivity index (χ0) is 18.5. The molecule has 9 heteroatoms. The molecule has 0 aliphatic rings. The SMILES string of the molecule is COc1cc(NC(=O)CCc2nc(-c3ccsc3)no2)c(OC)cc1Cl. The normalized spacial score (nSPS) is 10.6. The molecule has 0 bridgehead atoms. The molecule has 0 saturated heterocycles. The lowest BCUT2D eigenvalue weighted by atomic mass is 10.2. The van der Waals surface area contributed by atoms with Gasteiger partial charge in [0.15, 0.2) is 0 Å². The van der Waals surface area contributed by atoms with Crippen LogP contribution in [0.25, 0.3) is 11.4 Å². The maximum absolute atomic E-state index is 12.2. The van der Waals surface area contributed by atoms with E-state index in [1.54, 1.807) is 23.5 Å². The van der Waals surface area contributed by atoms with Gasteiger partial charge in [0.05, 0.1) is 24.9 Å². The van der Waals surface area contributed by atoms with E-state index in [9.17, 15) is 4.79 Å². The number of nitrogens with zero attached hydrogens (tertiary/aromatic N) is 2. The van der Waals surface area contributed by atoms with Gasteiger partial charge in [-0.15, -0.1) is 0 Å². The number of thiophene rings is 1. The number of halogens is 1. The van der Waals surface area contributed by atoms with Crippen LogP contribution >= 0.6 is 22.9 Å². The first-order chi connectivity index (χ1) is 12.6. The van der Waals surface area contributed by atoms with Gasteiger partial charge in [-0.2, -0.15) is 16.3 Å². The molecular formula is C17H16ClN3O4S. The number of ether oxygens (including phenoxy) is 2. The predicted octanol–water partition coefficient (Wildman–Crippen LogP) is 4.04. The Morgan fingerprint density at radius 2 is 2.12 bits per heavy atom. The number of nitrogens with one attached hydrogen (secondary N) is 1. The van der Waals surface area contributed by atoms with Crippen molar-refractivity contribution in [2.75, 3.05) is 19.5 Å². The van der Waals surface area contributed by atoms with E-state index in [2.05, 4.69) is 15.5 Å². The maximum atomic E-state index is 12.2. The summed E-state index contributed by atoms with van der Waals surface area (Å²) in [6.45, 7) is 0. The summed E-state index contributed by atoms with van der Waals surface area (Å²) in [7, 11) is 3.00. The van der Waals surface area contributed by atoms with Crippen LogP contribution < -0.4 is 14.8 Å². The van der Waals surface area contributed by atoms with Crippen LogP contribution in [0.3, 0.4) is 0 Å². The van der Waals surface area contributed by atoms with Crippen molar-refractivity contribution < 1.29 is 18.8 Å². The Labute approximate surface area is 158 Å². The highest BCUT2D eigenvalue weighted by Crippen LogP contribution is 2.35. The van der Waals surface area contributed by atoms with E-state index in [1.165, 1.54) is 14.2 Å². The molecule has 2 aromatic heterocycles. The minimum Gasteiger partial charge on any atom is -0.495 e. The second-order valence-electron chi connectivity index (χ2n) is 5.26. The fourth-order valence-corrected chi connectivity index (χ4v) is 3.12. The smallest absolute Gasteiger partial charge is 0.227 e. The lowest BCUT2D eigenvalue weighted by Crippen LogP contribution is -2.13. The van der Waals surface area contributed by atoms with Gasteiger partial charge < -0.3 is 19.3 Å². The first-order valence-electron chi connectivity index (χ1n) is 7.67. The van der Waals surface area contributed by atoms with Crippen LogP contribution in [-0.4, -0.2) is 30.3 Å². The van der Waals surface area contributed by atoms with E-state index >= 15 is 0 Å². The third-order valence-corrected chi connectivity index (χ3v) is 4.54. The second kappa shape index (κ2) is 8.20. The van der Waals surface area contributed by atoms with Crippen molar-refractivity contribution in [1.29, 1.82) is 0 Å². The average Bonchev–Trinajstić information content (AvgIpc) is 3.32. The summed E-state index contributed by atoms with van der Waals surface area (Å²) in [5.41, 5.74) is 1.37. The highest BCUT2D eigenvalue weighted by Gasteiger charge is 2.14. The lowest BCUT2D eigenvalue weighted by Gasteiger charge is -2.12. The van der Waals surface area contributed by atoms with Crippen molar-refractivity contribution in [3.63, 3.8) is 0 Å². The standard InChI is InChI=1S/C17H16ClN3O4S/c1-23-13-8-12(14(24-2)7-11(13)18)19-15(22)3-4-16-20-17(21-25-16)10-5-6-26-9-10/h5-9H,3-4H2,1-2H3,(H,19,22). The molecule has 1 aromatic carbocycles. The summed E-state index contributed by atoms with van der Waals surface area (Å²) >= 11 is 7.61. The first kappa shape index (κ1) is 18.2. The Morgan fingerprint density at radius 1 is 1.31 bits per heavy atom. The van der Waals surface area contributed by atoms with Gasteiger partial charge in [0.1, 0.15) is 11.5 Å². The number of carbonyl (C=O) groups excluding carboxylic acids is 1. The Bertz CT molecular complexity index is 896. The van der Waals surface area contributed by atoms with Gasteiger partial charge in [-0.05, 0) is 11.4 Å². The molecule has 0 aliphatic carbocycles. The molecule has 136 valence electrons. The van der Waals surface area contributed by atoms with E-state index in [1.807, 2.05) is 16.8 Å². The molecule has 2 heterocycles. The van der Waals surface area contributed by atoms with Gasteiger partial charge in [0.25, 0.3) is 0 Å². The molecule has 7 nitrogen and oxygen atoms in total. The Kier molecular flexibility index (Phi) is 5.75. The molecule has 3 rings (SSSR count). The number of methoxy groups -OCH3 is 2. The van der Waals surface area contributed by atoms with E-state index in [-0.39, 0.29) is 12.3 Å². The first-order valence-corrected chi connectivity index (χ1v) is 8.99. The van der Waals surface area contributed by atoms with Gasteiger partial charge in [-0.3, -0.25) is 4.79 Å². The highest BCUT2D eigenvalue weighted by molar-refractivity contribution is 7.08. The Morgan fingerprint density at radius 3 is 2.81 bits per heavy atom. The molecule has 0 saturated carbocycles. The maximum Gasteiger partial charge on any atom is 0.227 e. The van der Waals surface area contributed by atoms with Gasteiger partial charge in [0.2, 0.25) is 17.6 Å². The summed E-state index contributed by atoms with van der Waals surface area (Å²) in [5.74, 6) is 1.59. The van der Waals surface area contributed by atoms with Crippen LogP contribution in [0.2, 0.25) is 5.02 Å². The predicted molar refractivity (Wildman–Crippen MR) is 99.1 cm³/mol. The Hall–Kier alpha value is -2.58. The fourth-order valence-electron chi connectivity index (χ4n) is 2.26. The van der Waals surface area contributed by atoms with Crippen molar-refractivity contribution in [1.82, 2.24) is 10.1 Å². The summed E-state index contributed by atoms with van der Waals surface area (Å²) in [6.07, 6.45) is 0.509. The van der Waals surface area contributed by atoms with Crippen LogP contribution in [0.15, 0.2) is 33.5 Å². The van der Waals surface area contributed by atoms with Crippen molar-refractivity contribution in [3.8, 4) is 22.9 Å². The number of carbonyl (C=O) groups is 1. The molecule has 3 aromatic rings. The molecule has 1 amide bonds. The molecule has 26 heavy (non-hydrogen) atoms. The van der Waals surface area contributed by atoms with E-state index in [4.69, 9.17) is 25.6 Å². The molecule has 0 atom stereocenters. The minimum absolute atomic E-state index is 0.180. The number of hydrogen-bond acceptors (Lipinski definition) is 7. The second-order valence-corrected chi connectivity index (χ2v) is 6.45. The van der Waals surface area contributed by atoms with Crippen LogP contribution in [0.1, 0.15) is 12.3 Å². The largest absolute Gasteiger partial charge is 0.495 e. The molecule has 0 unspecified atom stereocenters. The third-order valence-electron chi connectivity index (χ3n) is 3.56. The molecule has 0 radical (unpaired) electrons. The van der Waals surface area contributed by atoms with Crippen molar-refractivity contribution >= 4 is 34.5 Å². The quantitative estimate of drug-likeness (QED) is 0.651. The summed E-state index contributed by atoms with van der Waals surface area (Å²) < 4.78 is 15.6. The highest BCUT2D eigenvalue weighted by atomic mass is 35.5. The summed E-state index contributed by atoms with van der Waals surface area (Å²) in [5, 5.41) is 11.0. The zero-order valence-corrected chi connectivity index (χ0v) is 15.7. The number of benzene rings is 1.